The lowest BCUT2D eigenvalue weighted by atomic mass is 10.1. The molecule has 2 amide bonds. The van der Waals surface area contributed by atoms with Crippen LogP contribution in [0.25, 0.3) is 0 Å². The van der Waals surface area contributed by atoms with Crippen molar-refractivity contribution in [2.75, 3.05) is 32.1 Å². The lowest BCUT2D eigenvalue weighted by Gasteiger charge is -2.18. The van der Waals surface area contributed by atoms with Gasteiger partial charge in [-0.15, -0.1) is 0 Å². The summed E-state index contributed by atoms with van der Waals surface area (Å²) < 4.78 is 11.1. The second-order valence-electron chi connectivity index (χ2n) is 6.10. The van der Waals surface area contributed by atoms with E-state index in [1.807, 2.05) is 45.0 Å². The molecular formula is C21H26N2O4. The quantitative estimate of drug-likeness (QED) is 0.772. The smallest absolute Gasteiger partial charge is 0.254 e. The van der Waals surface area contributed by atoms with Crippen LogP contribution in [0.15, 0.2) is 42.5 Å². The standard InChI is InChI=1S/C21H26N2O4/c1-5-26-18-12-9-16(13-19(18)27-6-2)21(25)23(4)14-20(24)22-17-10-7-15(3)8-11-17/h7-13H,5-6,14H2,1-4H3,(H,22,24). The molecule has 0 atom stereocenters. The van der Waals surface area contributed by atoms with Gasteiger partial charge in [0.15, 0.2) is 11.5 Å². The van der Waals surface area contributed by atoms with Crippen molar-refractivity contribution in [2.45, 2.75) is 20.8 Å². The fraction of sp³-hybridized carbons (Fsp3) is 0.333. The first-order chi connectivity index (χ1) is 12.9. The molecule has 0 radical (unpaired) electrons. The van der Waals surface area contributed by atoms with E-state index < -0.39 is 0 Å². The van der Waals surface area contributed by atoms with Crippen LogP contribution >= 0.6 is 0 Å². The lowest BCUT2D eigenvalue weighted by molar-refractivity contribution is -0.116. The summed E-state index contributed by atoms with van der Waals surface area (Å²) in [6.45, 7) is 6.65. The van der Waals surface area contributed by atoms with Gasteiger partial charge in [0, 0.05) is 18.3 Å². The van der Waals surface area contributed by atoms with Gasteiger partial charge in [0.25, 0.3) is 5.91 Å². The second kappa shape index (κ2) is 9.62. The number of carbonyl (C=O) groups is 2. The Bertz CT molecular complexity index is 787. The molecule has 144 valence electrons. The summed E-state index contributed by atoms with van der Waals surface area (Å²) in [5, 5.41) is 2.79. The molecule has 0 aliphatic heterocycles. The zero-order valence-electron chi connectivity index (χ0n) is 16.2. The first-order valence-corrected chi connectivity index (χ1v) is 8.96. The van der Waals surface area contributed by atoms with Crippen molar-refractivity contribution in [1.82, 2.24) is 4.90 Å². The van der Waals surface area contributed by atoms with Crippen molar-refractivity contribution >= 4 is 17.5 Å². The van der Waals surface area contributed by atoms with Crippen LogP contribution in [0.2, 0.25) is 0 Å². The minimum atomic E-state index is -0.266. The molecule has 6 nitrogen and oxygen atoms in total. The summed E-state index contributed by atoms with van der Waals surface area (Å²) in [4.78, 5) is 26.2. The highest BCUT2D eigenvalue weighted by Crippen LogP contribution is 2.29. The Kier molecular flexibility index (Phi) is 7.23. The number of hydrogen-bond donors (Lipinski definition) is 1. The predicted molar refractivity (Wildman–Crippen MR) is 106 cm³/mol. The van der Waals surface area contributed by atoms with E-state index >= 15 is 0 Å². The van der Waals surface area contributed by atoms with Gasteiger partial charge in [-0.1, -0.05) is 17.7 Å². The number of aryl methyl sites for hydroxylation is 1. The Morgan fingerprint density at radius 1 is 0.963 bits per heavy atom. The van der Waals surface area contributed by atoms with Gasteiger partial charge in [-0.05, 0) is 51.1 Å². The van der Waals surface area contributed by atoms with Crippen molar-refractivity contribution < 1.29 is 19.1 Å². The van der Waals surface area contributed by atoms with Crippen molar-refractivity contribution in [1.29, 1.82) is 0 Å². The molecule has 2 rings (SSSR count). The van der Waals surface area contributed by atoms with Gasteiger partial charge in [-0.25, -0.2) is 0 Å². The van der Waals surface area contributed by atoms with Gasteiger partial charge in [0.05, 0.1) is 19.8 Å². The molecule has 0 fully saturated rings. The summed E-state index contributed by atoms with van der Waals surface area (Å²) in [5.74, 6) is 0.585. The SMILES string of the molecule is CCOc1ccc(C(=O)N(C)CC(=O)Nc2ccc(C)cc2)cc1OCC. The molecule has 1 N–H and O–H groups in total. The van der Waals surface area contributed by atoms with Crippen molar-refractivity contribution in [2.24, 2.45) is 0 Å². The summed E-state index contributed by atoms with van der Waals surface area (Å²) >= 11 is 0. The van der Waals surface area contributed by atoms with E-state index in [9.17, 15) is 9.59 Å². The van der Waals surface area contributed by atoms with E-state index in [2.05, 4.69) is 5.32 Å². The third kappa shape index (κ3) is 5.74. The van der Waals surface area contributed by atoms with E-state index in [-0.39, 0.29) is 18.4 Å². The third-order valence-electron chi connectivity index (χ3n) is 3.85. The van der Waals surface area contributed by atoms with Crippen LogP contribution < -0.4 is 14.8 Å². The molecule has 0 saturated carbocycles. The Morgan fingerprint density at radius 2 is 1.59 bits per heavy atom. The Labute approximate surface area is 160 Å². The number of nitrogens with zero attached hydrogens (tertiary/aromatic N) is 1. The highest BCUT2D eigenvalue weighted by Gasteiger charge is 2.17. The minimum Gasteiger partial charge on any atom is -0.490 e. The third-order valence-corrected chi connectivity index (χ3v) is 3.85. The molecule has 0 bridgehead atoms. The number of ether oxygens (including phenoxy) is 2. The number of benzene rings is 2. The van der Waals surface area contributed by atoms with Gasteiger partial charge < -0.3 is 19.7 Å². The number of anilines is 1. The molecule has 0 aliphatic carbocycles. The Morgan fingerprint density at radius 3 is 2.22 bits per heavy atom. The number of hydrogen-bond acceptors (Lipinski definition) is 4. The molecule has 0 unspecified atom stereocenters. The number of likely N-dealkylation sites (N-methyl/N-ethyl adjacent to an activating group) is 1. The average Bonchev–Trinajstić information content (AvgIpc) is 2.64. The molecule has 0 heterocycles. The Hall–Kier alpha value is -3.02. The molecule has 6 heteroatoms. The summed E-state index contributed by atoms with van der Waals surface area (Å²) in [6, 6.07) is 12.5. The van der Waals surface area contributed by atoms with Crippen LogP contribution in [0, 0.1) is 6.92 Å². The topological polar surface area (TPSA) is 67.9 Å². The fourth-order valence-corrected chi connectivity index (χ4v) is 2.53. The second-order valence-corrected chi connectivity index (χ2v) is 6.10. The normalized spacial score (nSPS) is 10.2. The van der Waals surface area contributed by atoms with Gasteiger partial charge in [0.1, 0.15) is 0 Å². The number of amides is 2. The highest BCUT2D eigenvalue weighted by molar-refractivity contribution is 5.99. The number of carbonyl (C=O) groups excluding carboxylic acids is 2. The molecule has 27 heavy (non-hydrogen) atoms. The molecule has 0 aliphatic rings. The molecule has 0 saturated heterocycles. The molecular weight excluding hydrogens is 344 g/mol. The molecule has 2 aromatic rings. The maximum atomic E-state index is 12.7. The van der Waals surface area contributed by atoms with E-state index in [1.165, 1.54) is 4.90 Å². The summed E-state index contributed by atoms with van der Waals surface area (Å²) in [6.07, 6.45) is 0. The van der Waals surface area contributed by atoms with Crippen LogP contribution in [-0.2, 0) is 4.79 Å². The highest BCUT2D eigenvalue weighted by atomic mass is 16.5. The van der Waals surface area contributed by atoms with Crippen LogP contribution in [0.3, 0.4) is 0 Å². The van der Waals surface area contributed by atoms with E-state index in [0.717, 1.165) is 5.56 Å². The van der Waals surface area contributed by atoms with Crippen LogP contribution in [0.5, 0.6) is 11.5 Å². The van der Waals surface area contributed by atoms with Crippen molar-refractivity contribution in [3.05, 3.63) is 53.6 Å². The van der Waals surface area contributed by atoms with Gasteiger partial charge in [-0.3, -0.25) is 9.59 Å². The van der Waals surface area contributed by atoms with Crippen LogP contribution in [0.1, 0.15) is 29.8 Å². The number of rotatable bonds is 8. The molecule has 0 spiro atoms. The van der Waals surface area contributed by atoms with Gasteiger partial charge in [-0.2, -0.15) is 0 Å². The van der Waals surface area contributed by atoms with Gasteiger partial charge >= 0.3 is 0 Å². The summed E-state index contributed by atoms with van der Waals surface area (Å²) in [5.41, 5.74) is 2.25. The number of nitrogens with one attached hydrogen (secondary N) is 1. The maximum Gasteiger partial charge on any atom is 0.254 e. The first kappa shape index (κ1) is 20.3. The van der Waals surface area contributed by atoms with Crippen LogP contribution in [-0.4, -0.2) is 43.5 Å². The monoisotopic (exact) mass is 370 g/mol. The van der Waals surface area contributed by atoms with Crippen molar-refractivity contribution in [3.8, 4) is 11.5 Å². The zero-order valence-corrected chi connectivity index (χ0v) is 16.2. The fourth-order valence-electron chi connectivity index (χ4n) is 2.53. The largest absolute Gasteiger partial charge is 0.490 e. The average molecular weight is 370 g/mol. The van der Waals surface area contributed by atoms with E-state index in [0.29, 0.717) is 36.0 Å². The van der Waals surface area contributed by atoms with E-state index in [4.69, 9.17) is 9.47 Å². The molecule has 2 aromatic carbocycles. The summed E-state index contributed by atoms with van der Waals surface area (Å²) in [7, 11) is 1.59. The predicted octanol–water partition coefficient (Wildman–Crippen LogP) is 3.50. The van der Waals surface area contributed by atoms with E-state index in [1.54, 1.807) is 25.2 Å². The zero-order chi connectivity index (χ0) is 19.8. The first-order valence-electron chi connectivity index (χ1n) is 8.96. The minimum absolute atomic E-state index is 0.0517. The Balaban J connectivity index is 2.04. The van der Waals surface area contributed by atoms with Crippen molar-refractivity contribution in [3.63, 3.8) is 0 Å². The maximum absolute atomic E-state index is 12.7. The van der Waals surface area contributed by atoms with Crippen LogP contribution in [0.4, 0.5) is 5.69 Å². The van der Waals surface area contributed by atoms with Gasteiger partial charge in [0.2, 0.25) is 5.91 Å². The molecule has 0 aromatic heterocycles. The lowest BCUT2D eigenvalue weighted by Crippen LogP contribution is -2.34.